The van der Waals surface area contributed by atoms with Gasteiger partial charge in [0.2, 0.25) is 5.91 Å². The third-order valence-electron chi connectivity index (χ3n) is 3.61. The first-order chi connectivity index (χ1) is 11.1. The number of carbonyl (C=O) groups excluding carboxylic acids is 2. The lowest BCUT2D eigenvalue weighted by Gasteiger charge is -2.23. The highest BCUT2D eigenvalue weighted by Gasteiger charge is 2.26. The summed E-state index contributed by atoms with van der Waals surface area (Å²) in [6.45, 7) is 0. The second kappa shape index (κ2) is 6.36. The summed E-state index contributed by atoms with van der Waals surface area (Å²) in [5, 5.41) is 10.9. The van der Waals surface area contributed by atoms with Gasteiger partial charge in [-0.05, 0) is 29.7 Å². The molecule has 0 radical (unpaired) electrons. The number of allylic oxidation sites excluding steroid dienone is 1. The minimum atomic E-state index is -0.642. The maximum absolute atomic E-state index is 12.3. The van der Waals surface area contributed by atoms with Crippen LogP contribution < -0.4 is 10.4 Å². The Labute approximate surface area is 133 Å². The van der Waals surface area contributed by atoms with Gasteiger partial charge in [0, 0.05) is 0 Å². The normalized spacial score (nSPS) is 13.8. The van der Waals surface area contributed by atoms with Gasteiger partial charge in [0.1, 0.15) is 0 Å². The third-order valence-corrected chi connectivity index (χ3v) is 3.61. The van der Waals surface area contributed by atoms with Crippen LogP contribution in [0.25, 0.3) is 0 Å². The monoisotopic (exact) mass is 308 g/mol. The first-order valence-electron chi connectivity index (χ1n) is 7.30. The van der Waals surface area contributed by atoms with E-state index in [4.69, 9.17) is 0 Å². The maximum Gasteiger partial charge on any atom is 0.311 e. The number of nitrogens with zero attached hydrogens (tertiary/aromatic N) is 1. The highest BCUT2D eigenvalue weighted by molar-refractivity contribution is 6.06. The van der Waals surface area contributed by atoms with E-state index in [1.165, 1.54) is 6.08 Å². The number of para-hydroxylation sites is 1. The predicted molar refractivity (Wildman–Crippen MR) is 86.6 cm³/mol. The Hall–Kier alpha value is -3.08. The molecule has 1 heterocycles. The molecule has 0 unspecified atom stereocenters. The number of amides is 2. The van der Waals surface area contributed by atoms with Crippen molar-refractivity contribution >= 4 is 17.5 Å². The number of hydrazine groups is 1. The van der Waals surface area contributed by atoms with Crippen molar-refractivity contribution in [3.63, 3.8) is 0 Å². The van der Waals surface area contributed by atoms with Gasteiger partial charge < -0.3 is 5.11 Å². The molecule has 0 spiro atoms. The molecule has 0 saturated heterocycles. The van der Waals surface area contributed by atoms with Crippen LogP contribution in [-0.2, 0) is 22.4 Å². The molecule has 3 rings (SSSR count). The van der Waals surface area contributed by atoms with E-state index >= 15 is 0 Å². The van der Waals surface area contributed by atoms with Gasteiger partial charge in [0.25, 0.3) is 0 Å². The van der Waals surface area contributed by atoms with E-state index in [1.807, 2.05) is 42.5 Å². The van der Waals surface area contributed by atoms with Gasteiger partial charge in [-0.3, -0.25) is 15.0 Å². The standard InChI is InChI=1S/C18H16N2O3/c21-16-11-10-14-8-4-5-9-15(14)20(18(16)23)19-17(22)12-13-6-2-1-3-7-13/h1-9,11,21H,10,12H2,(H,19,22). The van der Waals surface area contributed by atoms with E-state index in [-0.39, 0.29) is 18.1 Å². The number of anilines is 1. The summed E-state index contributed by atoms with van der Waals surface area (Å²) in [6, 6.07) is 16.5. The molecule has 1 aliphatic heterocycles. The zero-order chi connectivity index (χ0) is 16.2. The summed E-state index contributed by atoms with van der Waals surface area (Å²) in [7, 11) is 0. The zero-order valence-electron chi connectivity index (χ0n) is 12.4. The van der Waals surface area contributed by atoms with Crippen LogP contribution >= 0.6 is 0 Å². The van der Waals surface area contributed by atoms with Crippen LogP contribution in [0.3, 0.4) is 0 Å². The third kappa shape index (κ3) is 3.23. The fraction of sp³-hybridized carbons (Fsp3) is 0.111. The number of hydrogen-bond donors (Lipinski definition) is 2. The number of aliphatic hydroxyl groups is 1. The lowest BCUT2D eigenvalue weighted by atomic mass is 10.1. The molecule has 1 aliphatic rings. The molecule has 5 nitrogen and oxygen atoms in total. The molecule has 0 fully saturated rings. The van der Waals surface area contributed by atoms with E-state index in [2.05, 4.69) is 5.43 Å². The molecule has 0 aromatic heterocycles. The number of aliphatic hydroxyl groups excluding tert-OH is 1. The molecule has 0 atom stereocenters. The van der Waals surface area contributed by atoms with Crippen LogP contribution in [0.1, 0.15) is 11.1 Å². The van der Waals surface area contributed by atoms with Crippen LogP contribution in [0.4, 0.5) is 5.69 Å². The molecule has 2 aromatic rings. The Balaban J connectivity index is 1.84. The molecular weight excluding hydrogens is 292 g/mol. The molecule has 2 N–H and O–H groups in total. The van der Waals surface area contributed by atoms with E-state index < -0.39 is 5.91 Å². The Morgan fingerprint density at radius 1 is 1.09 bits per heavy atom. The van der Waals surface area contributed by atoms with Gasteiger partial charge in [-0.2, -0.15) is 0 Å². The second-order valence-electron chi connectivity index (χ2n) is 5.26. The average molecular weight is 308 g/mol. The van der Waals surface area contributed by atoms with Crippen molar-refractivity contribution in [2.24, 2.45) is 0 Å². The Kier molecular flexibility index (Phi) is 4.10. The van der Waals surface area contributed by atoms with E-state index in [1.54, 1.807) is 12.1 Å². The SMILES string of the molecule is O=C(Cc1ccccc1)NN1C(=O)C(O)=CCc2ccccc21. The number of rotatable bonds is 3. The fourth-order valence-corrected chi connectivity index (χ4v) is 2.48. The quantitative estimate of drug-likeness (QED) is 0.914. The molecule has 0 saturated carbocycles. The first kappa shape index (κ1) is 14.8. The van der Waals surface area contributed by atoms with Gasteiger partial charge in [0.15, 0.2) is 5.76 Å². The Morgan fingerprint density at radius 2 is 1.78 bits per heavy atom. The molecule has 0 bridgehead atoms. The second-order valence-corrected chi connectivity index (χ2v) is 5.26. The number of fused-ring (bicyclic) bond motifs is 1. The molecule has 0 aliphatic carbocycles. The van der Waals surface area contributed by atoms with Gasteiger partial charge in [-0.25, -0.2) is 5.01 Å². The molecule has 2 aromatic carbocycles. The van der Waals surface area contributed by atoms with Crippen molar-refractivity contribution in [3.8, 4) is 0 Å². The zero-order valence-corrected chi connectivity index (χ0v) is 12.4. The summed E-state index contributed by atoms with van der Waals surface area (Å²) >= 11 is 0. The van der Waals surface area contributed by atoms with Crippen LogP contribution in [0.5, 0.6) is 0 Å². The number of benzene rings is 2. The highest BCUT2D eigenvalue weighted by atomic mass is 16.3. The lowest BCUT2D eigenvalue weighted by Crippen LogP contribution is -2.47. The van der Waals surface area contributed by atoms with Gasteiger partial charge in [-0.15, -0.1) is 0 Å². The first-order valence-corrected chi connectivity index (χ1v) is 7.30. The molecular formula is C18H16N2O3. The fourth-order valence-electron chi connectivity index (χ4n) is 2.48. The van der Waals surface area contributed by atoms with Crippen molar-refractivity contribution in [2.45, 2.75) is 12.8 Å². The van der Waals surface area contributed by atoms with Crippen molar-refractivity contribution in [3.05, 3.63) is 77.6 Å². The molecule has 2 amide bonds. The van der Waals surface area contributed by atoms with Crippen molar-refractivity contribution in [1.82, 2.24) is 5.43 Å². The summed E-state index contributed by atoms with van der Waals surface area (Å²) in [5.74, 6) is -1.34. The summed E-state index contributed by atoms with van der Waals surface area (Å²) in [6.07, 6.45) is 2.03. The maximum atomic E-state index is 12.3. The Bertz CT molecular complexity index is 769. The van der Waals surface area contributed by atoms with Crippen LogP contribution in [-0.4, -0.2) is 16.9 Å². The summed E-state index contributed by atoms with van der Waals surface area (Å²) in [5.41, 5.74) is 4.86. The van der Waals surface area contributed by atoms with E-state index in [0.29, 0.717) is 12.1 Å². The van der Waals surface area contributed by atoms with Crippen molar-refractivity contribution < 1.29 is 14.7 Å². The Morgan fingerprint density at radius 3 is 2.57 bits per heavy atom. The van der Waals surface area contributed by atoms with Gasteiger partial charge in [0.05, 0.1) is 12.1 Å². The number of hydrogen-bond acceptors (Lipinski definition) is 3. The molecule has 23 heavy (non-hydrogen) atoms. The smallest absolute Gasteiger partial charge is 0.311 e. The highest BCUT2D eigenvalue weighted by Crippen LogP contribution is 2.24. The van der Waals surface area contributed by atoms with E-state index in [0.717, 1.165) is 16.1 Å². The van der Waals surface area contributed by atoms with Crippen LogP contribution in [0.15, 0.2) is 66.4 Å². The average Bonchev–Trinajstić information content (AvgIpc) is 2.68. The molecule has 116 valence electrons. The summed E-state index contributed by atoms with van der Waals surface area (Å²) < 4.78 is 0. The van der Waals surface area contributed by atoms with Crippen molar-refractivity contribution in [1.29, 1.82) is 0 Å². The van der Waals surface area contributed by atoms with Gasteiger partial charge in [-0.1, -0.05) is 48.5 Å². The number of carbonyl (C=O) groups is 2. The van der Waals surface area contributed by atoms with E-state index in [9.17, 15) is 14.7 Å². The van der Waals surface area contributed by atoms with Crippen molar-refractivity contribution in [2.75, 3.05) is 5.01 Å². The largest absolute Gasteiger partial charge is 0.503 e. The van der Waals surface area contributed by atoms with Crippen LogP contribution in [0, 0.1) is 0 Å². The minimum absolute atomic E-state index is 0.150. The van der Waals surface area contributed by atoms with Crippen LogP contribution in [0.2, 0.25) is 0 Å². The topological polar surface area (TPSA) is 69.6 Å². The number of nitrogens with one attached hydrogen (secondary N) is 1. The predicted octanol–water partition coefficient (Wildman–Crippen LogP) is 2.29. The van der Waals surface area contributed by atoms with Gasteiger partial charge >= 0.3 is 5.91 Å². The molecule has 5 heteroatoms. The lowest BCUT2D eigenvalue weighted by molar-refractivity contribution is -0.125. The summed E-state index contributed by atoms with van der Waals surface area (Å²) in [4.78, 5) is 24.5. The minimum Gasteiger partial charge on any atom is -0.503 e.